The minimum absolute atomic E-state index is 0.0145. The second kappa shape index (κ2) is 11.9. The van der Waals surface area contributed by atoms with Gasteiger partial charge >= 0.3 is 12.2 Å². The van der Waals surface area contributed by atoms with E-state index in [1.165, 1.54) is 21.7 Å². The van der Waals surface area contributed by atoms with E-state index < -0.39 is 23.7 Å². The first kappa shape index (κ1) is 30.3. The van der Waals surface area contributed by atoms with Gasteiger partial charge in [0.1, 0.15) is 12.4 Å². The Kier molecular flexibility index (Phi) is 9.23. The van der Waals surface area contributed by atoms with Gasteiger partial charge in [-0.25, -0.2) is 9.48 Å². The van der Waals surface area contributed by atoms with Gasteiger partial charge in [-0.3, -0.25) is 4.79 Å². The molecule has 7 nitrogen and oxygen atoms in total. The van der Waals surface area contributed by atoms with E-state index in [2.05, 4.69) is 15.7 Å². The van der Waals surface area contributed by atoms with Crippen LogP contribution >= 0.6 is 23.2 Å². The van der Waals surface area contributed by atoms with Crippen LogP contribution in [0.5, 0.6) is 0 Å². The minimum atomic E-state index is -4.55. The summed E-state index contributed by atoms with van der Waals surface area (Å²) in [6, 6.07) is 10.3. The molecule has 0 aliphatic heterocycles. The Bertz CT molecular complexity index is 1350. The number of urea groups is 1. The first-order valence-electron chi connectivity index (χ1n) is 12.1. The number of aromatic nitrogens is 2. The molecule has 12 heteroatoms. The van der Waals surface area contributed by atoms with Gasteiger partial charge in [0.25, 0.3) is 0 Å². The van der Waals surface area contributed by atoms with Crippen LogP contribution in [0.15, 0.2) is 48.5 Å². The first-order chi connectivity index (χ1) is 18.0. The van der Waals surface area contributed by atoms with Crippen molar-refractivity contribution in [2.24, 2.45) is 5.92 Å². The van der Waals surface area contributed by atoms with Crippen LogP contribution in [-0.2, 0) is 16.4 Å². The number of halogens is 5. The fraction of sp³-hybridized carbons (Fsp3) is 0.370. The predicted molar refractivity (Wildman–Crippen MR) is 148 cm³/mol. The zero-order chi connectivity index (χ0) is 29.1. The predicted octanol–water partition coefficient (Wildman–Crippen LogP) is 7.62. The lowest BCUT2D eigenvalue weighted by Crippen LogP contribution is -2.42. The van der Waals surface area contributed by atoms with E-state index in [0.29, 0.717) is 27.2 Å². The molecule has 3 aromatic rings. The van der Waals surface area contributed by atoms with Crippen molar-refractivity contribution < 1.29 is 22.8 Å². The molecule has 0 unspecified atom stereocenters. The van der Waals surface area contributed by atoms with Gasteiger partial charge in [0.05, 0.1) is 27.0 Å². The van der Waals surface area contributed by atoms with Crippen molar-refractivity contribution in [3.8, 4) is 5.69 Å². The molecule has 2 aromatic carbocycles. The summed E-state index contributed by atoms with van der Waals surface area (Å²) in [5.74, 6) is -0.179. The number of carbonyl (C=O) groups is 2. The molecule has 3 rings (SSSR count). The second-order valence-electron chi connectivity index (χ2n) is 10.5. The van der Waals surface area contributed by atoms with Crippen molar-refractivity contribution in [2.75, 3.05) is 23.7 Å². The van der Waals surface area contributed by atoms with Crippen LogP contribution in [0, 0.1) is 5.92 Å². The van der Waals surface area contributed by atoms with Crippen molar-refractivity contribution in [1.29, 1.82) is 0 Å². The van der Waals surface area contributed by atoms with Crippen LogP contribution in [0.3, 0.4) is 0 Å². The Balaban J connectivity index is 1.84. The number of nitrogens with zero attached hydrogens (tertiary/aromatic N) is 3. The van der Waals surface area contributed by atoms with Crippen molar-refractivity contribution in [2.45, 2.75) is 46.2 Å². The molecular weight excluding hydrogens is 554 g/mol. The van der Waals surface area contributed by atoms with Crippen LogP contribution in [0.25, 0.3) is 5.69 Å². The summed E-state index contributed by atoms with van der Waals surface area (Å²) >= 11 is 12.3. The van der Waals surface area contributed by atoms with Crippen LogP contribution < -0.4 is 10.6 Å². The highest BCUT2D eigenvalue weighted by atomic mass is 35.5. The topological polar surface area (TPSA) is 79.3 Å². The molecule has 0 aliphatic rings. The van der Waals surface area contributed by atoms with Gasteiger partial charge in [-0.05, 0) is 42.3 Å². The number of alkyl halides is 3. The highest BCUT2D eigenvalue weighted by Crippen LogP contribution is 2.31. The Morgan fingerprint density at radius 2 is 1.69 bits per heavy atom. The maximum atomic E-state index is 13.1. The molecule has 1 aromatic heterocycles. The lowest BCUT2D eigenvalue weighted by Gasteiger charge is -2.24. The molecule has 0 saturated carbocycles. The summed E-state index contributed by atoms with van der Waals surface area (Å²) in [6.07, 6.45) is -4.55. The first-order valence-corrected chi connectivity index (χ1v) is 12.9. The van der Waals surface area contributed by atoms with Crippen LogP contribution in [0.2, 0.25) is 10.0 Å². The largest absolute Gasteiger partial charge is 0.416 e. The quantitative estimate of drug-likeness (QED) is 0.300. The van der Waals surface area contributed by atoms with E-state index in [1.807, 2.05) is 34.6 Å². The molecule has 0 fully saturated rings. The Morgan fingerprint density at radius 1 is 1.00 bits per heavy atom. The number of anilines is 2. The number of amides is 3. The van der Waals surface area contributed by atoms with Crippen molar-refractivity contribution in [1.82, 2.24) is 14.7 Å². The van der Waals surface area contributed by atoms with Gasteiger partial charge in [0.15, 0.2) is 0 Å². The van der Waals surface area contributed by atoms with Crippen LogP contribution in [-0.4, -0.2) is 39.7 Å². The fourth-order valence-electron chi connectivity index (χ4n) is 3.64. The van der Waals surface area contributed by atoms with Gasteiger partial charge < -0.3 is 15.5 Å². The van der Waals surface area contributed by atoms with E-state index in [1.54, 1.807) is 24.3 Å². The lowest BCUT2D eigenvalue weighted by molar-refractivity contribution is -0.137. The third-order valence-electron chi connectivity index (χ3n) is 5.54. The average molecular weight is 584 g/mol. The summed E-state index contributed by atoms with van der Waals surface area (Å²) in [5, 5.41) is 10.6. The molecule has 3 amide bonds. The van der Waals surface area contributed by atoms with Gasteiger partial charge in [-0.15, -0.1) is 0 Å². The van der Waals surface area contributed by atoms with Gasteiger partial charge in [-0.2, -0.15) is 18.3 Å². The molecule has 210 valence electrons. The zero-order valence-electron chi connectivity index (χ0n) is 22.2. The Morgan fingerprint density at radius 3 is 2.28 bits per heavy atom. The highest BCUT2D eigenvalue weighted by molar-refractivity contribution is 6.42. The van der Waals surface area contributed by atoms with Crippen LogP contribution in [0.4, 0.5) is 29.5 Å². The molecule has 39 heavy (non-hydrogen) atoms. The number of hydrogen-bond acceptors (Lipinski definition) is 3. The van der Waals surface area contributed by atoms with Crippen molar-refractivity contribution >= 4 is 46.6 Å². The molecule has 0 aliphatic carbocycles. The van der Waals surface area contributed by atoms with Crippen LogP contribution in [0.1, 0.15) is 45.9 Å². The van der Waals surface area contributed by atoms with Crippen molar-refractivity contribution in [3.05, 3.63) is 69.8 Å². The maximum Gasteiger partial charge on any atom is 0.416 e. The highest BCUT2D eigenvalue weighted by Gasteiger charge is 2.31. The number of benzene rings is 2. The smallest absolute Gasteiger partial charge is 0.315 e. The van der Waals surface area contributed by atoms with Gasteiger partial charge in [-0.1, -0.05) is 63.9 Å². The summed E-state index contributed by atoms with van der Waals surface area (Å²) in [7, 11) is 0. The summed E-state index contributed by atoms with van der Waals surface area (Å²) in [6.45, 7) is 9.49. The number of nitrogens with one attached hydrogen (secondary N) is 2. The third kappa shape index (κ3) is 8.12. The molecule has 0 spiro atoms. The summed E-state index contributed by atoms with van der Waals surface area (Å²) in [5.41, 5.74) is 0.00651. The SMILES string of the molecule is CC(C)CN(CC(=O)Nc1cc(C(C)(C)C)nn1-c1ccc(Cl)c(Cl)c1)C(=O)Nc1cccc(C(F)(F)F)c1. The summed E-state index contributed by atoms with van der Waals surface area (Å²) < 4.78 is 40.8. The Labute approximate surface area is 235 Å². The Hall–Kier alpha value is -3.24. The van der Waals surface area contributed by atoms with E-state index in [9.17, 15) is 22.8 Å². The molecule has 0 saturated heterocycles. The number of hydrogen-bond donors (Lipinski definition) is 2. The second-order valence-corrected chi connectivity index (χ2v) is 11.3. The van der Waals surface area contributed by atoms with Crippen molar-refractivity contribution in [3.63, 3.8) is 0 Å². The minimum Gasteiger partial charge on any atom is -0.315 e. The average Bonchev–Trinajstić information content (AvgIpc) is 3.24. The number of carbonyl (C=O) groups excluding carboxylic acids is 2. The van der Waals surface area contributed by atoms with E-state index in [0.717, 1.165) is 12.1 Å². The standard InChI is InChI=1S/C27H30Cl2F3N5O2/c1-16(2)14-36(25(39)33-18-8-6-7-17(11-18)27(30,31)32)15-24(38)34-23-13-22(26(3,4)5)35-37(23)19-9-10-20(28)21(29)12-19/h6-13,16H,14-15H2,1-5H3,(H,33,39)(H,34,38). The number of rotatable bonds is 7. The van der Waals surface area contributed by atoms with Gasteiger partial charge in [0, 0.05) is 23.7 Å². The fourth-order valence-corrected chi connectivity index (χ4v) is 3.93. The van der Waals surface area contributed by atoms with E-state index >= 15 is 0 Å². The maximum absolute atomic E-state index is 13.1. The summed E-state index contributed by atoms with van der Waals surface area (Å²) in [4.78, 5) is 27.4. The molecular formula is C27H30Cl2F3N5O2. The lowest BCUT2D eigenvalue weighted by atomic mass is 9.92. The van der Waals surface area contributed by atoms with E-state index in [-0.39, 0.29) is 30.1 Å². The molecule has 1 heterocycles. The van der Waals surface area contributed by atoms with Gasteiger partial charge in [0.2, 0.25) is 5.91 Å². The zero-order valence-corrected chi connectivity index (χ0v) is 23.7. The normalized spacial score (nSPS) is 12.0. The monoisotopic (exact) mass is 583 g/mol. The molecule has 2 N–H and O–H groups in total. The third-order valence-corrected chi connectivity index (χ3v) is 6.28. The molecule has 0 radical (unpaired) electrons. The molecule has 0 atom stereocenters. The molecule has 0 bridgehead atoms. The van der Waals surface area contributed by atoms with E-state index in [4.69, 9.17) is 23.2 Å².